The second kappa shape index (κ2) is 9.70. The van der Waals surface area contributed by atoms with Crippen LogP contribution >= 0.6 is 0 Å². The highest BCUT2D eigenvalue weighted by Crippen LogP contribution is 2.29. The maximum Gasteiger partial charge on any atom is 0.0882 e. The molecule has 1 heterocycles. The topological polar surface area (TPSA) is 49.3 Å². The molecule has 24 heavy (non-hydrogen) atoms. The van der Waals surface area contributed by atoms with Crippen LogP contribution in [0.15, 0.2) is 23.8 Å². The van der Waals surface area contributed by atoms with Gasteiger partial charge in [0.05, 0.1) is 11.4 Å². The average Bonchev–Trinajstić information content (AvgIpc) is 2.56. The number of nitrogens with zero attached hydrogens (tertiary/aromatic N) is 2. The first-order valence-electron chi connectivity index (χ1n) is 8.86. The molecule has 1 aromatic heterocycles. The predicted octanol–water partition coefficient (Wildman–Crippen LogP) is 4.34. The summed E-state index contributed by atoms with van der Waals surface area (Å²) in [7, 11) is 2.07. The summed E-state index contributed by atoms with van der Waals surface area (Å²) in [6.45, 7) is 17.3. The lowest BCUT2D eigenvalue weighted by molar-refractivity contribution is 0.197. The highest BCUT2D eigenvalue weighted by molar-refractivity contribution is 5.61. The van der Waals surface area contributed by atoms with Gasteiger partial charge in [-0.15, -0.1) is 0 Å². The van der Waals surface area contributed by atoms with Gasteiger partial charge in [-0.1, -0.05) is 33.8 Å². The van der Waals surface area contributed by atoms with Crippen molar-refractivity contribution < 1.29 is 0 Å². The zero-order valence-electron chi connectivity index (χ0n) is 16.0. The average molecular weight is 331 g/mol. The summed E-state index contributed by atoms with van der Waals surface area (Å²) in [4.78, 5) is 8.41. The lowest BCUT2D eigenvalue weighted by Gasteiger charge is -2.36. The van der Waals surface area contributed by atoms with Crippen molar-refractivity contribution in [2.75, 3.05) is 7.05 Å². The van der Waals surface area contributed by atoms with Crippen molar-refractivity contribution in [3.8, 4) is 0 Å². The molecule has 0 spiro atoms. The van der Waals surface area contributed by atoms with E-state index in [-0.39, 0.29) is 5.41 Å². The smallest absolute Gasteiger partial charge is 0.0882 e. The Morgan fingerprint density at radius 2 is 2.12 bits per heavy atom. The Hall–Kier alpha value is -1.52. The zero-order chi connectivity index (χ0) is 18.2. The molecule has 0 aliphatic carbocycles. The molecule has 1 unspecified atom stereocenters. The molecular formula is C20H34N4. The van der Waals surface area contributed by atoms with Crippen molar-refractivity contribution in [1.29, 1.82) is 0 Å². The van der Waals surface area contributed by atoms with Crippen molar-refractivity contribution in [3.05, 3.63) is 30.1 Å². The van der Waals surface area contributed by atoms with Crippen molar-refractivity contribution in [1.82, 2.24) is 15.6 Å². The van der Waals surface area contributed by atoms with Gasteiger partial charge in [0.25, 0.3) is 0 Å². The fourth-order valence-electron chi connectivity index (χ4n) is 3.40. The summed E-state index contributed by atoms with van der Waals surface area (Å²) in [5.41, 5.74) is 2.93. The number of nitrogens with one attached hydrogen (secondary N) is 2. The summed E-state index contributed by atoms with van der Waals surface area (Å²) in [5.74, 6) is 0. The van der Waals surface area contributed by atoms with E-state index in [0.717, 1.165) is 29.9 Å². The van der Waals surface area contributed by atoms with Gasteiger partial charge in [0.1, 0.15) is 0 Å². The van der Waals surface area contributed by atoms with Crippen LogP contribution in [0.2, 0.25) is 0 Å². The molecule has 0 aliphatic rings. The lowest BCUT2D eigenvalue weighted by atomic mass is 9.77. The maximum absolute atomic E-state index is 4.38. The molecular weight excluding hydrogens is 296 g/mol. The van der Waals surface area contributed by atoms with E-state index in [9.17, 15) is 0 Å². The monoisotopic (exact) mass is 330 g/mol. The van der Waals surface area contributed by atoms with Gasteiger partial charge in [-0.25, -0.2) is 0 Å². The van der Waals surface area contributed by atoms with Gasteiger partial charge in [-0.2, -0.15) is 0 Å². The SMILES string of the molecule is C=Cc1ncc(CNC(C)CC(C)(C)[C@@H](CCC)NC)cc1N=C. The van der Waals surface area contributed by atoms with Crippen LogP contribution in [0.4, 0.5) is 5.69 Å². The maximum atomic E-state index is 4.38. The minimum absolute atomic E-state index is 0.246. The molecule has 0 aliphatic heterocycles. The molecule has 4 nitrogen and oxygen atoms in total. The first-order chi connectivity index (χ1) is 11.4. The first-order valence-corrected chi connectivity index (χ1v) is 8.86. The van der Waals surface area contributed by atoms with Crippen LogP contribution in [-0.4, -0.2) is 30.8 Å². The van der Waals surface area contributed by atoms with Crippen LogP contribution < -0.4 is 10.6 Å². The van der Waals surface area contributed by atoms with Gasteiger partial charge in [-0.05, 0) is 56.7 Å². The number of aromatic nitrogens is 1. The zero-order valence-corrected chi connectivity index (χ0v) is 16.0. The number of rotatable bonds is 11. The summed E-state index contributed by atoms with van der Waals surface area (Å²) in [6.07, 6.45) is 7.11. The van der Waals surface area contributed by atoms with E-state index in [4.69, 9.17) is 0 Å². The molecule has 0 saturated heterocycles. The van der Waals surface area contributed by atoms with Gasteiger partial charge < -0.3 is 10.6 Å². The molecule has 2 N–H and O–H groups in total. The molecule has 4 heteroatoms. The molecule has 134 valence electrons. The number of hydrogen-bond acceptors (Lipinski definition) is 4. The quantitative estimate of drug-likeness (QED) is 0.593. The van der Waals surface area contributed by atoms with E-state index in [1.165, 1.54) is 12.8 Å². The van der Waals surface area contributed by atoms with E-state index < -0.39 is 0 Å². The van der Waals surface area contributed by atoms with Crippen molar-refractivity contribution in [2.45, 2.75) is 65.6 Å². The Bertz CT molecular complexity index is 536. The van der Waals surface area contributed by atoms with E-state index in [1.54, 1.807) is 6.08 Å². The predicted molar refractivity (Wildman–Crippen MR) is 106 cm³/mol. The van der Waals surface area contributed by atoms with Crippen LogP contribution in [0.3, 0.4) is 0 Å². The van der Waals surface area contributed by atoms with E-state index in [1.807, 2.05) is 12.3 Å². The number of pyridine rings is 1. The highest BCUT2D eigenvalue weighted by atomic mass is 14.9. The number of hydrogen-bond donors (Lipinski definition) is 2. The largest absolute Gasteiger partial charge is 0.316 e. The van der Waals surface area contributed by atoms with Crippen LogP contribution in [0.5, 0.6) is 0 Å². The van der Waals surface area contributed by atoms with Crippen LogP contribution in [-0.2, 0) is 6.54 Å². The first kappa shape index (κ1) is 20.5. The van der Waals surface area contributed by atoms with E-state index >= 15 is 0 Å². The Labute approximate surface area is 147 Å². The molecule has 1 aromatic rings. The highest BCUT2D eigenvalue weighted by Gasteiger charge is 2.29. The molecule has 0 bridgehead atoms. The van der Waals surface area contributed by atoms with Crippen LogP contribution in [0, 0.1) is 5.41 Å². The second-order valence-corrected chi connectivity index (χ2v) is 7.21. The van der Waals surface area contributed by atoms with Crippen molar-refractivity contribution in [3.63, 3.8) is 0 Å². The second-order valence-electron chi connectivity index (χ2n) is 7.21. The van der Waals surface area contributed by atoms with Crippen LogP contribution in [0.25, 0.3) is 6.08 Å². The van der Waals surface area contributed by atoms with Gasteiger partial charge >= 0.3 is 0 Å². The third-order valence-electron chi connectivity index (χ3n) is 4.67. The fourth-order valence-corrected chi connectivity index (χ4v) is 3.40. The van der Waals surface area contributed by atoms with Crippen LogP contribution in [0.1, 0.15) is 58.2 Å². The molecule has 0 aromatic carbocycles. The summed E-state index contributed by atoms with van der Waals surface area (Å²) < 4.78 is 0. The standard InChI is InChI=1S/C20H34N4/c1-8-10-19(22-7)20(4,5)12-15(3)23-13-16-11-18(21-6)17(9-2)24-14-16/h9,11,14-15,19,22-23H,2,6,8,10,12-13H2,1,3-5,7H3/t15?,19-/m1/s1. The van der Waals surface area contributed by atoms with E-state index in [0.29, 0.717) is 12.1 Å². The molecule has 0 amide bonds. The molecule has 0 radical (unpaired) electrons. The third-order valence-corrected chi connectivity index (χ3v) is 4.67. The van der Waals surface area contributed by atoms with E-state index in [2.05, 4.69) is 68.6 Å². The molecule has 0 saturated carbocycles. The van der Waals surface area contributed by atoms with Gasteiger partial charge in [0.15, 0.2) is 0 Å². The van der Waals surface area contributed by atoms with Gasteiger partial charge in [-0.3, -0.25) is 9.98 Å². The van der Waals surface area contributed by atoms with Gasteiger partial charge in [0.2, 0.25) is 0 Å². The minimum Gasteiger partial charge on any atom is -0.316 e. The number of aliphatic imine (C=N–C) groups is 1. The normalized spacial score (nSPS) is 14.2. The molecule has 2 atom stereocenters. The Balaban J connectivity index is 2.64. The molecule has 1 rings (SSSR count). The van der Waals surface area contributed by atoms with Crippen molar-refractivity contribution >= 4 is 18.5 Å². The summed E-state index contributed by atoms with van der Waals surface area (Å²) >= 11 is 0. The summed E-state index contributed by atoms with van der Waals surface area (Å²) in [6, 6.07) is 2.99. The lowest BCUT2D eigenvalue weighted by Crippen LogP contribution is -2.43. The third kappa shape index (κ3) is 5.84. The Kier molecular flexibility index (Phi) is 8.29. The Morgan fingerprint density at radius 3 is 2.67 bits per heavy atom. The van der Waals surface area contributed by atoms with Crippen molar-refractivity contribution in [2.24, 2.45) is 10.4 Å². The Morgan fingerprint density at radius 1 is 1.42 bits per heavy atom. The fraction of sp³-hybridized carbons (Fsp3) is 0.600. The molecule has 0 fully saturated rings. The minimum atomic E-state index is 0.246. The summed E-state index contributed by atoms with van der Waals surface area (Å²) in [5, 5.41) is 7.09. The van der Waals surface area contributed by atoms with Gasteiger partial charge in [0, 0.05) is 24.8 Å².